The molecule has 32 heavy (non-hydrogen) atoms. The number of aliphatic hydroxyl groups excluding tert-OH is 1. The standard InChI is InChI=1S/C24H24N2O6/c27-22(17-6-7-18-19(14-17)32-15-31-18)20-21(16-4-2-1-3-5-16)26(24(29)23(20)28)9-8-25-10-12-30-13-11-25/h1-7,14,21,27H,8-13,15H2. The fourth-order valence-electron chi connectivity index (χ4n) is 4.37. The van der Waals surface area contributed by atoms with Crippen LogP contribution < -0.4 is 9.47 Å². The smallest absolute Gasteiger partial charge is 0.295 e. The number of carbonyl (C=O) groups excluding carboxylic acids is 2. The van der Waals surface area contributed by atoms with E-state index in [1.165, 1.54) is 0 Å². The number of ether oxygens (including phenoxy) is 3. The first-order valence-electron chi connectivity index (χ1n) is 10.7. The van der Waals surface area contributed by atoms with Gasteiger partial charge < -0.3 is 24.2 Å². The minimum Gasteiger partial charge on any atom is -0.507 e. The second kappa shape index (κ2) is 8.64. The molecule has 8 heteroatoms. The molecule has 2 fully saturated rings. The van der Waals surface area contributed by atoms with E-state index >= 15 is 0 Å². The Balaban J connectivity index is 1.52. The molecular formula is C24H24N2O6. The van der Waals surface area contributed by atoms with Crippen LogP contribution >= 0.6 is 0 Å². The van der Waals surface area contributed by atoms with E-state index < -0.39 is 17.7 Å². The number of fused-ring (bicyclic) bond motifs is 1. The number of benzene rings is 2. The summed E-state index contributed by atoms with van der Waals surface area (Å²) in [7, 11) is 0. The van der Waals surface area contributed by atoms with E-state index in [4.69, 9.17) is 14.2 Å². The molecule has 0 bridgehead atoms. The zero-order valence-electron chi connectivity index (χ0n) is 17.5. The third-order valence-electron chi connectivity index (χ3n) is 6.06. The number of rotatable bonds is 5. The Morgan fingerprint density at radius 2 is 1.72 bits per heavy atom. The fraction of sp³-hybridized carbons (Fsp3) is 0.333. The van der Waals surface area contributed by atoms with Crippen molar-refractivity contribution in [2.75, 3.05) is 46.2 Å². The van der Waals surface area contributed by atoms with Gasteiger partial charge >= 0.3 is 0 Å². The molecule has 3 aliphatic rings. The van der Waals surface area contributed by atoms with Crippen molar-refractivity contribution in [3.05, 3.63) is 65.2 Å². The summed E-state index contributed by atoms with van der Waals surface area (Å²) >= 11 is 0. The molecule has 0 spiro atoms. The van der Waals surface area contributed by atoms with Gasteiger partial charge in [-0.2, -0.15) is 0 Å². The highest BCUT2D eigenvalue weighted by Crippen LogP contribution is 2.41. The van der Waals surface area contributed by atoms with Gasteiger partial charge in [-0.05, 0) is 23.8 Å². The summed E-state index contributed by atoms with van der Waals surface area (Å²) in [5.74, 6) is -0.436. The average molecular weight is 436 g/mol. The van der Waals surface area contributed by atoms with E-state index in [1.807, 2.05) is 30.3 Å². The molecule has 1 N–H and O–H groups in total. The van der Waals surface area contributed by atoms with Gasteiger partial charge in [-0.1, -0.05) is 30.3 Å². The Morgan fingerprint density at radius 1 is 0.969 bits per heavy atom. The molecule has 3 aliphatic heterocycles. The van der Waals surface area contributed by atoms with Crippen molar-refractivity contribution in [3.63, 3.8) is 0 Å². The maximum absolute atomic E-state index is 13.1. The Bertz CT molecular complexity index is 1060. The largest absolute Gasteiger partial charge is 0.507 e. The van der Waals surface area contributed by atoms with Crippen molar-refractivity contribution < 1.29 is 28.9 Å². The molecule has 8 nitrogen and oxygen atoms in total. The molecule has 2 saturated heterocycles. The van der Waals surface area contributed by atoms with Crippen LogP contribution in [0.15, 0.2) is 54.1 Å². The van der Waals surface area contributed by atoms with E-state index in [9.17, 15) is 14.7 Å². The highest BCUT2D eigenvalue weighted by atomic mass is 16.7. The number of Topliss-reactive ketones (excluding diaryl/α,β-unsaturated/α-hetero) is 1. The molecule has 1 atom stereocenters. The predicted octanol–water partition coefficient (Wildman–Crippen LogP) is 2.17. The highest BCUT2D eigenvalue weighted by Gasteiger charge is 2.46. The second-order valence-corrected chi connectivity index (χ2v) is 7.93. The number of nitrogens with zero attached hydrogens (tertiary/aromatic N) is 2. The lowest BCUT2D eigenvalue weighted by molar-refractivity contribution is -0.140. The van der Waals surface area contributed by atoms with Gasteiger partial charge in [0.15, 0.2) is 11.5 Å². The van der Waals surface area contributed by atoms with Crippen LogP contribution in [0.2, 0.25) is 0 Å². The summed E-state index contributed by atoms with van der Waals surface area (Å²) in [4.78, 5) is 29.9. The van der Waals surface area contributed by atoms with Crippen molar-refractivity contribution in [2.45, 2.75) is 6.04 Å². The average Bonchev–Trinajstić information content (AvgIpc) is 3.40. The van der Waals surface area contributed by atoms with Gasteiger partial charge in [0.1, 0.15) is 5.76 Å². The Labute approximate surface area is 185 Å². The van der Waals surface area contributed by atoms with Crippen molar-refractivity contribution in [3.8, 4) is 11.5 Å². The number of aliphatic hydroxyl groups is 1. The monoisotopic (exact) mass is 436 g/mol. The number of hydrogen-bond donors (Lipinski definition) is 1. The SMILES string of the molecule is O=C1C(=O)N(CCN2CCOCC2)C(c2ccccc2)C1=C(O)c1ccc2c(c1)OCO2. The predicted molar refractivity (Wildman–Crippen MR) is 115 cm³/mol. The quantitative estimate of drug-likeness (QED) is 0.437. The molecular weight excluding hydrogens is 412 g/mol. The maximum Gasteiger partial charge on any atom is 0.295 e. The molecule has 166 valence electrons. The number of hydrogen-bond acceptors (Lipinski definition) is 7. The Kier molecular flexibility index (Phi) is 5.55. The van der Waals surface area contributed by atoms with Gasteiger partial charge in [0.05, 0.1) is 24.8 Å². The fourth-order valence-corrected chi connectivity index (χ4v) is 4.37. The molecule has 2 aromatic rings. The van der Waals surface area contributed by atoms with Crippen LogP contribution in [-0.2, 0) is 14.3 Å². The maximum atomic E-state index is 13.1. The van der Waals surface area contributed by atoms with E-state index in [0.29, 0.717) is 43.4 Å². The minimum absolute atomic E-state index is 0.0852. The zero-order chi connectivity index (χ0) is 22.1. The van der Waals surface area contributed by atoms with E-state index in [0.717, 1.165) is 18.7 Å². The third kappa shape index (κ3) is 3.72. The van der Waals surface area contributed by atoms with Gasteiger partial charge in [-0.3, -0.25) is 14.5 Å². The van der Waals surface area contributed by atoms with Crippen molar-refractivity contribution in [1.29, 1.82) is 0 Å². The van der Waals surface area contributed by atoms with Gasteiger partial charge in [0, 0.05) is 31.7 Å². The summed E-state index contributed by atoms with van der Waals surface area (Å²) in [6.07, 6.45) is 0. The molecule has 2 aromatic carbocycles. The summed E-state index contributed by atoms with van der Waals surface area (Å²) in [5.41, 5.74) is 1.26. The zero-order valence-corrected chi connectivity index (χ0v) is 17.5. The summed E-state index contributed by atoms with van der Waals surface area (Å²) in [5, 5.41) is 11.2. The number of morpholine rings is 1. The van der Waals surface area contributed by atoms with Gasteiger partial charge in [0.25, 0.3) is 11.7 Å². The van der Waals surface area contributed by atoms with Crippen LogP contribution in [0.25, 0.3) is 5.76 Å². The topological polar surface area (TPSA) is 88.5 Å². The molecule has 3 heterocycles. The lowest BCUT2D eigenvalue weighted by Gasteiger charge is -2.31. The summed E-state index contributed by atoms with van der Waals surface area (Å²) in [6.45, 7) is 4.01. The number of carbonyl (C=O) groups is 2. The normalized spacial score (nSPS) is 22.5. The molecule has 5 rings (SSSR count). The second-order valence-electron chi connectivity index (χ2n) is 7.93. The van der Waals surface area contributed by atoms with Crippen molar-refractivity contribution in [1.82, 2.24) is 9.80 Å². The van der Waals surface area contributed by atoms with Crippen LogP contribution in [0, 0.1) is 0 Å². The number of ketones is 1. The third-order valence-corrected chi connectivity index (χ3v) is 6.06. The summed E-state index contributed by atoms with van der Waals surface area (Å²) < 4.78 is 16.1. The highest BCUT2D eigenvalue weighted by molar-refractivity contribution is 6.46. The molecule has 1 unspecified atom stereocenters. The van der Waals surface area contributed by atoms with E-state index in [2.05, 4.69) is 4.90 Å². The summed E-state index contributed by atoms with van der Waals surface area (Å²) in [6, 6.07) is 13.6. The van der Waals surface area contributed by atoms with Crippen LogP contribution in [0.4, 0.5) is 0 Å². The van der Waals surface area contributed by atoms with Crippen molar-refractivity contribution in [2.24, 2.45) is 0 Å². The first-order chi connectivity index (χ1) is 15.6. The van der Waals surface area contributed by atoms with Gasteiger partial charge in [-0.25, -0.2) is 0 Å². The molecule has 0 radical (unpaired) electrons. The number of likely N-dealkylation sites (tertiary alicyclic amines) is 1. The Hall–Kier alpha value is -3.36. The molecule has 0 aromatic heterocycles. The minimum atomic E-state index is -0.684. The van der Waals surface area contributed by atoms with Gasteiger partial charge in [0.2, 0.25) is 6.79 Å². The van der Waals surface area contributed by atoms with Crippen LogP contribution in [-0.4, -0.2) is 72.8 Å². The van der Waals surface area contributed by atoms with Crippen molar-refractivity contribution >= 4 is 17.4 Å². The van der Waals surface area contributed by atoms with Crippen LogP contribution in [0.1, 0.15) is 17.2 Å². The van der Waals surface area contributed by atoms with E-state index in [-0.39, 0.29) is 18.1 Å². The Morgan fingerprint density at radius 3 is 2.50 bits per heavy atom. The number of amides is 1. The van der Waals surface area contributed by atoms with E-state index in [1.54, 1.807) is 23.1 Å². The molecule has 0 saturated carbocycles. The van der Waals surface area contributed by atoms with Gasteiger partial charge in [-0.15, -0.1) is 0 Å². The molecule has 0 aliphatic carbocycles. The molecule has 1 amide bonds. The first kappa shape index (κ1) is 20.5. The van der Waals surface area contributed by atoms with Crippen LogP contribution in [0.5, 0.6) is 11.5 Å². The lowest BCUT2D eigenvalue weighted by Crippen LogP contribution is -2.42. The van der Waals surface area contributed by atoms with Crippen LogP contribution in [0.3, 0.4) is 0 Å². The first-order valence-corrected chi connectivity index (χ1v) is 10.7. The lowest BCUT2D eigenvalue weighted by atomic mass is 9.95.